The Hall–Kier alpha value is -1.81. The average molecular weight is 221 g/mol. The number of benzene rings is 1. The Morgan fingerprint density at radius 2 is 1.93 bits per heavy atom. The SMILES string of the molecule is Nc1ccc(Cl)c(Nc2ncccn2)c1. The van der Waals surface area contributed by atoms with Crippen molar-refractivity contribution in [1.82, 2.24) is 9.97 Å². The third-order valence-electron chi connectivity index (χ3n) is 1.80. The Balaban J connectivity index is 2.28. The standard InChI is InChI=1S/C10H9ClN4/c11-8-3-2-7(12)6-9(8)15-10-13-4-1-5-14-10/h1-6H,12H2,(H,13,14,15). The first-order valence-electron chi connectivity index (χ1n) is 4.35. The van der Waals surface area contributed by atoms with Crippen molar-refractivity contribution in [3.05, 3.63) is 41.7 Å². The molecule has 4 nitrogen and oxygen atoms in total. The fourth-order valence-electron chi connectivity index (χ4n) is 1.12. The van der Waals surface area contributed by atoms with Gasteiger partial charge in [-0.1, -0.05) is 11.6 Å². The molecule has 0 aliphatic carbocycles. The second-order valence-electron chi connectivity index (χ2n) is 2.94. The highest BCUT2D eigenvalue weighted by atomic mass is 35.5. The van der Waals surface area contributed by atoms with Crippen LogP contribution in [0.1, 0.15) is 0 Å². The van der Waals surface area contributed by atoms with Gasteiger partial charge in [0, 0.05) is 18.1 Å². The maximum absolute atomic E-state index is 5.97. The first-order valence-corrected chi connectivity index (χ1v) is 4.72. The van der Waals surface area contributed by atoms with Crippen LogP contribution in [0.3, 0.4) is 0 Å². The maximum Gasteiger partial charge on any atom is 0.227 e. The molecular formula is C10H9ClN4. The molecule has 76 valence electrons. The van der Waals surface area contributed by atoms with Gasteiger partial charge in [-0.05, 0) is 24.3 Å². The molecule has 1 aromatic heterocycles. The Labute approximate surface area is 92.1 Å². The number of aromatic nitrogens is 2. The van der Waals surface area contributed by atoms with Gasteiger partial charge in [0.25, 0.3) is 0 Å². The summed E-state index contributed by atoms with van der Waals surface area (Å²) in [6.45, 7) is 0. The monoisotopic (exact) mass is 220 g/mol. The number of nitrogens with two attached hydrogens (primary N) is 1. The van der Waals surface area contributed by atoms with Gasteiger partial charge in [-0.3, -0.25) is 0 Å². The third-order valence-corrected chi connectivity index (χ3v) is 2.13. The third kappa shape index (κ3) is 2.35. The highest BCUT2D eigenvalue weighted by Crippen LogP contribution is 2.25. The highest BCUT2D eigenvalue weighted by Gasteiger charge is 2.02. The van der Waals surface area contributed by atoms with E-state index in [4.69, 9.17) is 17.3 Å². The minimum atomic E-state index is 0.491. The molecule has 15 heavy (non-hydrogen) atoms. The Bertz CT molecular complexity index is 458. The van der Waals surface area contributed by atoms with Crippen molar-refractivity contribution in [2.75, 3.05) is 11.1 Å². The molecule has 0 unspecified atom stereocenters. The van der Waals surface area contributed by atoms with Gasteiger partial charge >= 0.3 is 0 Å². The predicted molar refractivity (Wildman–Crippen MR) is 61.2 cm³/mol. The van der Waals surface area contributed by atoms with Crippen LogP contribution in [0.5, 0.6) is 0 Å². The molecule has 1 aromatic carbocycles. The summed E-state index contributed by atoms with van der Waals surface area (Å²) in [6, 6.07) is 6.94. The normalized spacial score (nSPS) is 9.93. The van der Waals surface area contributed by atoms with Crippen molar-refractivity contribution < 1.29 is 0 Å². The zero-order chi connectivity index (χ0) is 10.7. The first kappa shape index (κ1) is 9.73. The van der Waals surface area contributed by atoms with Crippen LogP contribution in [0.2, 0.25) is 5.02 Å². The molecular weight excluding hydrogens is 212 g/mol. The zero-order valence-electron chi connectivity index (χ0n) is 7.81. The number of nitrogens with zero attached hydrogens (tertiary/aromatic N) is 2. The van der Waals surface area contributed by atoms with Crippen LogP contribution in [-0.2, 0) is 0 Å². The lowest BCUT2D eigenvalue weighted by molar-refractivity contribution is 1.17. The van der Waals surface area contributed by atoms with E-state index in [0.29, 0.717) is 22.3 Å². The second-order valence-corrected chi connectivity index (χ2v) is 3.34. The quantitative estimate of drug-likeness (QED) is 0.764. The van der Waals surface area contributed by atoms with E-state index < -0.39 is 0 Å². The molecule has 0 spiro atoms. The van der Waals surface area contributed by atoms with E-state index in [9.17, 15) is 0 Å². The molecule has 2 rings (SSSR count). The fraction of sp³-hybridized carbons (Fsp3) is 0. The maximum atomic E-state index is 5.97. The molecule has 0 aliphatic heterocycles. The van der Waals surface area contributed by atoms with Crippen molar-refractivity contribution in [3.63, 3.8) is 0 Å². The van der Waals surface area contributed by atoms with E-state index in [0.717, 1.165) is 0 Å². The molecule has 2 aromatic rings. The largest absolute Gasteiger partial charge is 0.399 e. The number of hydrogen-bond acceptors (Lipinski definition) is 4. The lowest BCUT2D eigenvalue weighted by Gasteiger charge is -2.06. The second kappa shape index (κ2) is 4.14. The van der Waals surface area contributed by atoms with E-state index in [1.54, 1.807) is 36.7 Å². The lowest BCUT2D eigenvalue weighted by atomic mass is 10.3. The van der Waals surface area contributed by atoms with Gasteiger partial charge in [-0.15, -0.1) is 0 Å². The zero-order valence-corrected chi connectivity index (χ0v) is 8.57. The number of hydrogen-bond donors (Lipinski definition) is 2. The van der Waals surface area contributed by atoms with Crippen LogP contribution >= 0.6 is 11.6 Å². The molecule has 0 saturated heterocycles. The van der Waals surface area contributed by atoms with Gasteiger partial charge in [0.1, 0.15) is 0 Å². The summed E-state index contributed by atoms with van der Waals surface area (Å²) in [7, 11) is 0. The molecule has 0 saturated carbocycles. The Morgan fingerprint density at radius 1 is 1.20 bits per heavy atom. The first-order chi connectivity index (χ1) is 7.25. The van der Waals surface area contributed by atoms with Crippen molar-refractivity contribution in [2.45, 2.75) is 0 Å². The van der Waals surface area contributed by atoms with E-state index in [-0.39, 0.29) is 0 Å². The molecule has 0 radical (unpaired) electrons. The minimum Gasteiger partial charge on any atom is -0.399 e. The number of nitrogen functional groups attached to an aromatic ring is 1. The van der Waals surface area contributed by atoms with Crippen LogP contribution in [0, 0.1) is 0 Å². The Morgan fingerprint density at radius 3 is 2.67 bits per heavy atom. The Kier molecular flexibility index (Phi) is 2.69. The summed E-state index contributed by atoms with van der Waals surface area (Å²) >= 11 is 5.97. The van der Waals surface area contributed by atoms with Gasteiger partial charge < -0.3 is 11.1 Å². The smallest absolute Gasteiger partial charge is 0.227 e. The van der Waals surface area contributed by atoms with Crippen LogP contribution in [0.15, 0.2) is 36.7 Å². The molecule has 0 amide bonds. The average Bonchev–Trinajstić information content (AvgIpc) is 2.25. The van der Waals surface area contributed by atoms with Crippen molar-refractivity contribution in [2.24, 2.45) is 0 Å². The van der Waals surface area contributed by atoms with Gasteiger partial charge in [0.05, 0.1) is 10.7 Å². The summed E-state index contributed by atoms with van der Waals surface area (Å²) in [5.41, 5.74) is 6.98. The predicted octanol–water partition coefficient (Wildman–Crippen LogP) is 2.46. The summed E-state index contributed by atoms with van der Waals surface area (Å²) in [4.78, 5) is 8.05. The van der Waals surface area contributed by atoms with Gasteiger partial charge in [0.2, 0.25) is 5.95 Å². The van der Waals surface area contributed by atoms with Crippen molar-refractivity contribution >= 4 is 28.9 Å². The van der Waals surface area contributed by atoms with Crippen LogP contribution in [-0.4, -0.2) is 9.97 Å². The van der Waals surface area contributed by atoms with Gasteiger partial charge in [0.15, 0.2) is 0 Å². The summed E-state index contributed by atoms with van der Waals surface area (Å²) in [5.74, 6) is 0.491. The fourth-order valence-corrected chi connectivity index (χ4v) is 1.29. The van der Waals surface area contributed by atoms with Crippen LogP contribution in [0.25, 0.3) is 0 Å². The summed E-state index contributed by atoms with van der Waals surface area (Å²) in [5, 5.41) is 3.56. The van der Waals surface area contributed by atoms with E-state index in [2.05, 4.69) is 15.3 Å². The highest BCUT2D eigenvalue weighted by molar-refractivity contribution is 6.33. The topological polar surface area (TPSA) is 63.8 Å². The molecule has 3 N–H and O–H groups in total. The molecule has 1 heterocycles. The molecule has 5 heteroatoms. The summed E-state index contributed by atoms with van der Waals surface area (Å²) < 4.78 is 0. The minimum absolute atomic E-state index is 0.491. The molecule has 0 aliphatic rings. The van der Waals surface area contributed by atoms with E-state index in [1.165, 1.54) is 0 Å². The summed E-state index contributed by atoms with van der Waals surface area (Å²) in [6.07, 6.45) is 3.30. The number of rotatable bonds is 2. The van der Waals surface area contributed by atoms with Crippen LogP contribution < -0.4 is 11.1 Å². The molecule has 0 fully saturated rings. The number of halogens is 1. The van der Waals surface area contributed by atoms with Gasteiger partial charge in [-0.25, -0.2) is 9.97 Å². The number of nitrogens with one attached hydrogen (secondary N) is 1. The van der Waals surface area contributed by atoms with Crippen LogP contribution in [0.4, 0.5) is 17.3 Å². The molecule has 0 atom stereocenters. The van der Waals surface area contributed by atoms with Crippen molar-refractivity contribution in [1.29, 1.82) is 0 Å². The lowest BCUT2D eigenvalue weighted by Crippen LogP contribution is -1.97. The number of anilines is 3. The van der Waals surface area contributed by atoms with Gasteiger partial charge in [-0.2, -0.15) is 0 Å². The van der Waals surface area contributed by atoms with E-state index >= 15 is 0 Å². The van der Waals surface area contributed by atoms with Crippen molar-refractivity contribution in [3.8, 4) is 0 Å². The van der Waals surface area contributed by atoms with E-state index in [1.807, 2.05) is 0 Å². The molecule has 0 bridgehead atoms.